The normalized spacial score (nSPS) is 13.2. The molecule has 0 amide bonds. The molecule has 0 bridgehead atoms. The van der Waals surface area contributed by atoms with Gasteiger partial charge < -0.3 is 4.84 Å². The molecule has 0 N–H and O–H groups in total. The number of rotatable bonds is 2. The van der Waals surface area contributed by atoms with E-state index in [0.717, 1.165) is 11.1 Å². The number of benzene rings is 1. The predicted octanol–water partition coefficient (Wildman–Crippen LogP) is 1.99. The van der Waals surface area contributed by atoms with Crippen LogP contribution in [0.3, 0.4) is 0 Å². The lowest BCUT2D eigenvalue weighted by Crippen LogP contribution is -2.06. The second-order valence-corrected chi connectivity index (χ2v) is 4.24. The summed E-state index contributed by atoms with van der Waals surface area (Å²) in [7, 11) is 0. The Morgan fingerprint density at radius 1 is 1.05 bits per heavy atom. The first-order valence-corrected chi connectivity index (χ1v) is 6.32. The molecule has 100 valence electrons. The molecule has 1 aliphatic rings. The predicted molar refractivity (Wildman–Crippen MR) is 74.2 cm³/mol. The van der Waals surface area contributed by atoms with E-state index in [1.165, 1.54) is 0 Å². The maximum atomic E-state index is 9.09. The monoisotopic (exact) mass is 275 g/mol. The van der Waals surface area contributed by atoms with Crippen LogP contribution in [0.15, 0.2) is 29.4 Å². The van der Waals surface area contributed by atoms with E-state index in [-0.39, 0.29) is 11.4 Å². The second kappa shape index (κ2) is 5.03. The molecule has 0 aliphatic heterocycles. The van der Waals surface area contributed by atoms with Crippen LogP contribution in [-0.4, -0.2) is 22.3 Å². The smallest absolute Gasteiger partial charge is 0.177 e. The van der Waals surface area contributed by atoms with Gasteiger partial charge in [-0.25, -0.2) is 9.97 Å². The molecule has 0 saturated carbocycles. The number of hydrogen-bond acceptors (Lipinski definition) is 6. The molecule has 0 atom stereocenters. The highest BCUT2D eigenvalue weighted by Crippen LogP contribution is 2.34. The van der Waals surface area contributed by atoms with Crippen molar-refractivity contribution in [3.05, 3.63) is 46.9 Å². The first-order chi connectivity index (χ1) is 10.3. The Kier molecular flexibility index (Phi) is 3.06. The Balaban J connectivity index is 2.31. The average Bonchev–Trinajstić information content (AvgIpc) is 2.84. The highest BCUT2D eigenvalue weighted by Gasteiger charge is 2.30. The van der Waals surface area contributed by atoms with Gasteiger partial charge in [-0.2, -0.15) is 10.5 Å². The van der Waals surface area contributed by atoms with Crippen LogP contribution in [-0.2, 0) is 4.84 Å². The lowest BCUT2D eigenvalue weighted by molar-refractivity contribution is 0.159. The summed E-state index contributed by atoms with van der Waals surface area (Å²) >= 11 is 0. The van der Waals surface area contributed by atoms with Gasteiger partial charge in [-0.1, -0.05) is 29.4 Å². The number of aromatic nitrogens is 2. The van der Waals surface area contributed by atoms with Gasteiger partial charge in [0.15, 0.2) is 11.4 Å². The molecule has 3 rings (SSSR count). The van der Waals surface area contributed by atoms with Gasteiger partial charge >= 0.3 is 0 Å². The fourth-order valence-electron chi connectivity index (χ4n) is 2.19. The fraction of sp³-hybridized carbons (Fsp3) is 0.133. The molecular weight excluding hydrogens is 266 g/mol. The van der Waals surface area contributed by atoms with Gasteiger partial charge in [0, 0.05) is 11.1 Å². The summed E-state index contributed by atoms with van der Waals surface area (Å²) < 4.78 is 0. The summed E-state index contributed by atoms with van der Waals surface area (Å²) in [5.41, 5.74) is 3.24. The van der Waals surface area contributed by atoms with Crippen LogP contribution in [0.2, 0.25) is 0 Å². The first kappa shape index (κ1) is 12.8. The lowest BCUT2D eigenvalue weighted by Gasteiger charge is -2.01. The molecule has 21 heavy (non-hydrogen) atoms. The summed E-state index contributed by atoms with van der Waals surface area (Å²) in [5, 5.41) is 22.2. The van der Waals surface area contributed by atoms with Gasteiger partial charge in [-0.05, 0) is 6.92 Å². The molecule has 0 spiro atoms. The molecule has 2 aromatic rings. The van der Waals surface area contributed by atoms with E-state index in [1.54, 1.807) is 0 Å². The van der Waals surface area contributed by atoms with Crippen molar-refractivity contribution >= 4 is 5.71 Å². The first-order valence-electron chi connectivity index (χ1n) is 6.32. The number of fused-ring (bicyclic) bond motifs is 3. The van der Waals surface area contributed by atoms with Gasteiger partial charge in [0.2, 0.25) is 0 Å². The molecule has 1 aromatic heterocycles. The van der Waals surface area contributed by atoms with E-state index >= 15 is 0 Å². The van der Waals surface area contributed by atoms with Crippen LogP contribution < -0.4 is 0 Å². The topological polar surface area (TPSA) is 95.0 Å². The van der Waals surface area contributed by atoms with Crippen molar-refractivity contribution in [2.75, 3.05) is 6.61 Å². The summed E-state index contributed by atoms with van der Waals surface area (Å²) in [4.78, 5) is 13.6. The third-order valence-corrected chi connectivity index (χ3v) is 3.05. The summed E-state index contributed by atoms with van der Waals surface area (Å²) in [6, 6.07) is 11.3. The van der Waals surface area contributed by atoms with E-state index in [4.69, 9.17) is 15.4 Å². The number of nitriles is 2. The molecular formula is C15H9N5O. The maximum Gasteiger partial charge on any atom is 0.177 e. The Morgan fingerprint density at radius 3 is 2.29 bits per heavy atom. The molecule has 1 heterocycles. The quantitative estimate of drug-likeness (QED) is 0.666. The highest BCUT2D eigenvalue weighted by molar-refractivity contribution is 6.22. The van der Waals surface area contributed by atoms with Crippen LogP contribution in [0.1, 0.15) is 29.6 Å². The zero-order valence-corrected chi connectivity index (χ0v) is 11.2. The third-order valence-electron chi connectivity index (χ3n) is 3.05. The van der Waals surface area contributed by atoms with Crippen molar-refractivity contribution in [1.29, 1.82) is 10.5 Å². The van der Waals surface area contributed by atoms with Gasteiger partial charge in [0.05, 0.1) is 0 Å². The Hall–Kier alpha value is -3.25. The average molecular weight is 275 g/mol. The summed E-state index contributed by atoms with van der Waals surface area (Å²) in [6.07, 6.45) is 0. The van der Waals surface area contributed by atoms with Crippen molar-refractivity contribution in [3.8, 4) is 23.4 Å². The summed E-state index contributed by atoms with van der Waals surface area (Å²) in [5.74, 6) is 0. The second-order valence-electron chi connectivity index (χ2n) is 4.24. The number of hydrogen-bond donors (Lipinski definition) is 0. The van der Waals surface area contributed by atoms with E-state index in [0.29, 0.717) is 23.7 Å². The van der Waals surface area contributed by atoms with Gasteiger partial charge in [0.25, 0.3) is 0 Å². The minimum atomic E-state index is -0.00625. The van der Waals surface area contributed by atoms with Crippen LogP contribution in [0.4, 0.5) is 0 Å². The zero-order valence-electron chi connectivity index (χ0n) is 11.2. The van der Waals surface area contributed by atoms with Crippen molar-refractivity contribution < 1.29 is 4.84 Å². The number of nitrogens with zero attached hydrogens (tertiary/aromatic N) is 5. The van der Waals surface area contributed by atoms with E-state index in [1.807, 2.05) is 43.3 Å². The Labute approximate surface area is 120 Å². The molecule has 0 radical (unpaired) electrons. The van der Waals surface area contributed by atoms with E-state index in [9.17, 15) is 0 Å². The van der Waals surface area contributed by atoms with Crippen molar-refractivity contribution in [1.82, 2.24) is 9.97 Å². The molecule has 0 saturated heterocycles. The zero-order chi connectivity index (χ0) is 14.8. The fourth-order valence-corrected chi connectivity index (χ4v) is 2.19. The molecule has 6 nitrogen and oxygen atoms in total. The van der Waals surface area contributed by atoms with E-state index in [2.05, 4.69) is 15.1 Å². The van der Waals surface area contributed by atoms with Gasteiger partial charge in [0.1, 0.15) is 35.8 Å². The van der Waals surface area contributed by atoms with Crippen molar-refractivity contribution in [3.63, 3.8) is 0 Å². The maximum absolute atomic E-state index is 9.09. The lowest BCUT2D eigenvalue weighted by atomic mass is 10.1. The largest absolute Gasteiger partial charge is 0.396 e. The summed E-state index contributed by atoms with van der Waals surface area (Å²) in [6.45, 7) is 2.26. The van der Waals surface area contributed by atoms with Crippen molar-refractivity contribution in [2.24, 2.45) is 5.16 Å². The SMILES string of the molecule is CCON=C1c2ccccc2-c2nc(C#N)c(C#N)nc21. The molecule has 0 unspecified atom stereocenters. The van der Waals surface area contributed by atoms with Crippen LogP contribution in [0, 0.1) is 22.7 Å². The Morgan fingerprint density at radius 2 is 1.67 bits per heavy atom. The molecule has 6 heteroatoms. The van der Waals surface area contributed by atoms with E-state index < -0.39 is 0 Å². The molecule has 1 aliphatic carbocycles. The standard InChI is InChI=1S/C15H9N5O/c1-2-21-20-14-10-6-4-3-5-9(10)13-15(14)19-12(8-17)11(7-16)18-13/h3-6H,2H2,1H3. The van der Waals surface area contributed by atoms with Gasteiger partial charge in [-0.15, -0.1) is 0 Å². The third kappa shape index (κ3) is 1.90. The Bertz CT molecular complexity index is 842. The van der Waals surface area contributed by atoms with Crippen LogP contribution in [0.5, 0.6) is 0 Å². The van der Waals surface area contributed by atoms with Crippen LogP contribution in [0.25, 0.3) is 11.3 Å². The van der Waals surface area contributed by atoms with Crippen LogP contribution >= 0.6 is 0 Å². The highest BCUT2D eigenvalue weighted by atomic mass is 16.6. The van der Waals surface area contributed by atoms with Crippen molar-refractivity contribution in [2.45, 2.75) is 6.92 Å². The molecule has 1 aromatic carbocycles. The minimum Gasteiger partial charge on any atom is -0.396 e. The number of oxime groups is 1. The minimum absolute atomic E-state index is 0.00625. The molecule has 0 fully saturated rings. The van der Waals surface area contributed by atoms with Gasteiger partial charge in [-0.3, -0.25) is 0 Å².